The highest BCUT2D eigenvalue weighted by Crippen LogP contribution is 2.33. The minimum Gasteiger partial charge on any atom is -0.384 e. The number of halogens is 3. The second kappa shape index (κ2) is 8.07. The van der Waals surface area contributed by atoms with Crippen LogP contribution in [0.4, 0.5) is 10.1 Å². The van der Waals surface area contributed by atoms with E-state index in [1.807, 2.05) is 6.07 Å². The van der Waals surface area contributed by atoms with E-state index in [1.54, 1.807) is 18.2 Å². The first-order valence-corrected chi connectivity index (χ1v) is 9.03. The maximum absolute atomic E-state index is 13.1. The quantitative estimate of drug-likeness (QED) is 0.723. The summed E-state index contributed by atoms with van der Waals surface area (Å²) in [5, 5.41) is 7.16. The van der Waals surface area contributed by atoms with Crippen LogP contribution in [0, 0.1) is 5.82 Å². The summed E-state index contributed by atoms with van der Waals surface area (Å²) in [4.78, 5) is 11.8. The van der Waals surface area contributed by atoms with E-state index < -0.39 is 0 Å². The Balaban J connectivity index is 1.68. The number of benzene rings is 2. The Kier molecular flexibility index (Phi) is 5.82. The van der Waals surface area contributed by atoms with Crippen molar-refractivity contribution in [1.29, 1.82) is 0 Å². The molecule has 132 valence electrons. The molecule has 0 heterocycles. The van der Waals surface area contributed by atoms with Crippen LogP contribution in [0.5, 0.6) is 0 Å². The number of anilines is 1. The molecule has 0 bridgehead atoms. The average Bonchev–Trinajstić information content (AvgIpc) is 3.39. The summed E-state index contributed by atoms with van der Waals surface area (Å²) in [7, 11) is 0. The van der Waals surface area contributed by atoms with Gasteiger partial charge in [0.1, 0.15) is 5.82 Å². The van der Waals surface area contributed by atoms with Gasteiger partial charge in [-0.25, -0.2) is 4.39 Å². The van der Waals surface area contributed by atoms with Gasteiger partial charge in [0, 0.05) is 31.1 Å². The Morgan fingerprint density at radius 3 is 2.52 bits per heavy atom. The molecule has 3 nitrogen and oxygen atoms in total. The van der Waals surface area contributed by atoms with Crippen LogP contribution in [-0.4, -0.2) is 18.5 Å². The van der Waals surface area contributed by atoms with Crippen LogP contribution in [0.3, 0.4) is 0 Å². The second-order valence-corrected chi connectivity index (χ2v) is 6.99. The van der Waals surface area contributed by atoms with Crippen molar-refractivity contribution in [3.05, 3.63) is 63.4 Å². The third-order valence-electron chi connectivity index (χ3n) is 4.10. The van der Waals surface area contributed by atoms with Crippen molar-refractivity contribution in [1.82, 2.24) is 5.32 Å². The zero-order valence-electron chi connectivity index (χ0n) is 13.6. The van der Waals surface area contributed by atoms with Gasteiger partial charge in [-0.3, -0.25) is 4.79 Å². The van der Waals surface area contributed by atoms with Crippen molar-refractivity contribution in [3.8, 4) is 0 Å². The Morgan fingerprint density at radius 1 is 1.12 bits per heavy atom. The summed E-state index contributed by atoms with van der Waals surface area (Å²) in [5.74, 6) is -0.226. The number of nitrogens with one attached hydrogen (secondary N) is 2. The van der Waals surface area contributed by atoms with E-state index in [-0.39, 0.29) is 11.7 Å². The van der Waals surface area contributed by atoms with Gasteiger partial charge in [0.2, 0.25) is 5.91 Å². The lowest BCUT2D eigenvalue weighted by atomic mass is 10.0. The van der Waals surface area contributed by atoms with Crippen LogP contribution in [0.2, 0.25) is 10.0 Å². The highest BCUT2D eigenvalue weighted by Gasteiger charge is 2.22. The smallest absolute Gasteiger partial charge is 0.221 e. The molecule has 1 fully saturated rings. The SMILES string of the molecule is O=C(CCNc1ccc(Cl)c(Cl)c1Cc1ccc(F)cc1)NC1CC1. The largest absolute Gasteiger partial charge is 0.384 e. The summed E-state index contributed by atoms with van der Waals surface area (Å²) in [6.45, 7) is 0.507. The maximum atomic E-state index is 13.1. The number of amides is 1. The molecule has 6 heteroatoms. The third-order valence-corrected chi connectivity index (χ3v) is 4.94. The summed E-state index contributed by atoms with van der Waals surface area (Å²) < 4.78 is 13.1. The standard InChI is InChI=1S/C19H19Cl2FN2O/c20-16-7-8-17(23-10-9-18(25)24-14-5-6-14)15(19(16)21)11-12-1-3-13(22)4-2-12/h1-4,7-8,14,23H,5-6,9-11H2,(H,24,25). The minimum atomic E-state index is -0.277. The van der Waals surface area contributed by atoms with Crippen LogP contribution in [0.1, 0.15) is 30.4 Å². The van der Waals surface area contributed by atoms with E-state index >= 15 is 0 Å². The van der Waals surface area contributed by atoms with E-state index in [0.29, 0.717) is 35.5 Å². The number of carbonyl (C=O) groups excluding carboxylic acids is 1. The topological polar surface area (TPSA) is 41.1 Å². The van der Waals surface area contributed by atoms with Gasteiger partial charge in [-0.1, -0.05) is 35.3 Å². The molecule has 1 amide bonds. The lowest BCUT2D eigenvalue weighted by molar-refractivity contribution is -0.120. The predicted octanol–water partition coefficient (Wildman–Crippen LogP) is 4.80. The van der Waals surface area contributed by atoms with Crippen molar-refractivity contribution >= 4 is 34.8 Å². The first-order chi connectivity index (χ1) is 12.0. The van der Waals surface area contributed by atoms with Gasteiger partial charge >= 0.3 is 0 Å². The van der Waals surface area contributed by atoms with Crippen LogP contribution < -0.4 is 10.6 Å². The summed E-state index contributed by atoms with van der Waals surface area (Å²) in [6, 6.07) is 10.2. The molecule has 0 radical (unpaired) electrons. The molecule has 1 aliphatic carbocycles. The van der Waals surface area contributed by atoms with Crippen LogP contribution >= 0.6 is 23.2 Å². The molecule has 0 aromatic heterocycles. The zero-order valence-corrected chi connectivity index (χ0v) is 15.1. The van der Waals surface area contributed by atoms with Crippen LogP contribution in [-0.2, 0) is 11.2 Å². The molecule has 0 saturated heterocycles. The highest BCUT2D eigenvalue weighted by molar-refractivity contribution is 6.42. The molecule has 0 aliphatic heterocycles. The van der Waals surface area contributed by atoms with E-state index in [0.717, 1.165) is 29.7 Å². The second-order valence-electron chi connectivity index (χ2n) is 6.21. The van der Waals surface area contributed by atoms with Crippen LogP contribution in [0.15, 0.2) is 36.4 Å². The normalized spacial score (nSPS) is 13.6. The molecule has 0 spiro atoms. The van der Waals surface area contributed by atoms with Gasteiger partial charge in [0.05, 0.1) is 10.0 Å². The minimum absolute atomic E-state index is 0.0511. The Bertz CT molecular complexity index is 761. The van der Waals surface area contributed by atoms with Gasteiger partial charge in [-0.2, -0.15) is 0 Å². The van der Waals surface area contributed by atoms with Crippen molar-refractivity contribution in [2.75, 3.05) is 11.9 Å². The molecule has 25 heavy (non-hydrogen) atoms. The molecule has 2 aromatic rings. The fourth-order valence-corrected chi connectivity index (χ4v) is 2.98. The zero-order chi connectivity index (χ0) is 17.8. The summed E-state index contributed by atoms with van der Waals surface area (Å²) in [6.07, 6.45) is 3.07. The fraction of sp³-hybridized carbons (Fsp3) is 0.316. The average molecular weight is 381 g/mol. The summed E-state index contributed by atoms with van der Waals surface area (Å²) in [5.41, 5.74) is 2.60. The lowest BCUT2D eigenvalue weighted by Crippen LogP contribution is -2.27. The first kappa shape index (κ1) is 18.0. The highest BCUT2D eigenvalue weighted by atomic mass is 35.5. The van der Waals surface area contributed by atoms with Crippen LogP contribution in [0.25, 0.3) is 0 Å². The van der Waals surface area contributed by atoms with Crippen molar-refractivity contribution in [2.45, 2.75) is 31.7 Å². The fourth-order valence-electron chi connectivity index (χ4n) is 2.58. The molecular formula is C19H19Cl2FN2O. The van der Waals surface area contributed by atoms with E-state index in [2.05, 4.69) is 10.6 Å². The number of carbonyl (C=O) groups is 1. The maximum Gasteiger partial charge on any atom is 0.221 e. The molecule has 1 aliphatic rings. The van der Waals surface area contributed by atoms with Crippen molar-refractivity contribution < 1.29 is 9.18 Å². The molecule has 0 atom stereocenters. The lowest BCUT2D eigenvalue weighted by Gasteiger charge is -2.15. The third kappa shape index (κ3) is 5.10. The van der Waals surface area contributed by atoms with Gasteiger partial charge < -0.3 is 10.6 Å². The summed E-state index contributed by atoms with van der Waals surface area (Å²) >= 11 is 12.5. The van der Waals surface area contributed by atoms with E-state index in [9.17, 15) is 9.18 Å². The Labute approximate surface area is 156 Å². The monoisotopic (exact) mass is 380 g/mol. The molecule has 3 rings (SSSR count). The first-order valence-electron chi connectivity index (χ1n) is 8.27. The van der Waals surface area contributed by atoms with Crippen molar-refractivity contribution in [2.24, 2.45) is 0 Å². The van der Waals surface area contributed by atoms with Crippen molar-refractivity contribution in [3.63, 3.8) is 0 Å². The Hall–Kier alpha value is -1.78. The van der Waals surface area contributed by atoms with Gasteiger partial charge in [-0.15, -0.1) is 0 Å². The number of rotatable bonds is 7. The molecule has 0 unspecified atom stereocenters. The molecule has 2 aromatic carbocycles. The van der Waals surface area contributed by atoms with E-state index in [4.69, 9.17) is 23.2 Å². The molecular weight excluding hydrogens is 362 g/mol. The van der Waals surface area contributed by atoms with Gasteiger partial charge in [-0.05, 0) is 48.2 Å². The predicted molar refractivity (Wildman–Crippen MR) is 99.9 cm³/mol. The Morgan fingerprint density at radius 2 is 1.84 bits per heavy atom. The van der Waals surface area contributed by atoms with Gasteiger partial charge in [0.15, 0.2) is 0 Å². The van der Waals surface area contributed by atoms with Gasteiger partial charge in [0.25, 0.3) is 0 Å². The molecule has 1 saturated carbocycles. The number of hydrogen-bond acceptors (Lipinski definition) is 2. The number of hydrogen-bond donors (Lipinski definition) is 2. The molecule has 2 N–H and O–H groups in total. The van der Waals surface area contributed by atoms with E-state index in [1.165, 1.54) is 12.1 Å².